The molecule has 1 aromatic heterocycles. The molecule has 1 heterocycles. The van der Waals surface area contributed by atoms with Crippen LogP contribution in [0.5, 0.6) is 0 Å². The van der Waals surface area contributed by atoms with Crippen molar-refractivity contribution < 1.29 is 14.4 Å². The molecule has 5 heteroatoms. The van der Waals surface area contributed by atoms with Crippen LogP contribution in [0.15, 0.2) is 10.6 Å². The molecule has 78 valence electrons. The average Bonchev–Trinajstić information content (AvgIpc) is 2.47. The first kappa shape index (κ1) is 10.7. The van der Waals surface area contributed by atoms with Gasteiger partial charge in [0, 0.05) is 11.6 Å². The number of rotatable bonds is 3. The van der Waals surface area contributed by atoms with Crippen LogP contribution in [0.3, 0.4) is 0 Å². The van der Waals surface area contributed by atoms with E-state index in [0.29, 0.717) is 12.3 Å². The molecule has 0 amide bonds. The molecular weight excluding hydrogens is 184 g/mol. The van der Waals surface area contributed by atoms with Gasteiger partial charge >= 0.3 is 5.97 Å². The zero-order valence-electron chi connectivity index (χ0n) is 8.50. The van der Waals surface area contributed by atoms with Crippen molar-refractivity contribution in [3.05, 3.63) is 17.5 Å². The monoisotopic (exact) mass is 198 g/mol. The van der Waals surface area contributed by atoms with Crippen molar-refractivity contribution in [2.24, 2.45) is 0 Å². The summed E-state index contributed by atoms with van der Waals surface area (Å²) in [5, 5.41) is 15.1. The van der Waals surface area contributed by atoms with Crippen molar-refractivity contribution >= 4 is 5.97 Å². The van der Waals surface area contributed by atoms with Crippen molar-refractivity contribution in [2.75, 3.05) is 0 Å². The molecule has 0 bridgehead atoms. The molecule has 0 spiro atoms. The summed E-state index contributed by atoms with van der Waals surface area (Å²) in [5.41, 5.74) is -0.0911. The van der Waals surface area contributed by atoms with Crippen LogP contribution in [0.1, 0.15) is 37.0 Å². The second-order valence-electron chi connectivity index (χ2n) is 4.09. The summed E-state index contributed by atoms with van der Waals surface area (Å²) in [4.78, 5) is 10.5. The molecule has 0 aliphatic heterocycles. The number of aromatic nitrogens is 1. The molecule has 14 heavy (non-hydrogen) atoms. The number of hydrogen-bond donors (Lipinski definition) is 2. The molecule has 0 unspecified atom stereocenters. The van der Waals surface area contributed by atoms with Gasteiger partial charge in [-0.25, -0.2) is 4.79 Å². The second-order valence-corrected chi connectivity index (χ2v) is 4.09. The van der Waals surface area contributed by atoms with E-state index in [1.165, 1.54) is 6.07 Å². The highest BCUT2D eigenvalue weighted by molar-refractivity contribution is 5.85. The van der Waals surface area contributed by atoms with Gasteiger partial charge in [-0.05, 0) is 20.8 Å². The maximum atomic E-state index is 10.5. The van der Waals surface area contributed by atoms with Gasteiger partial charge in [0.25, 0.3) is 0 Å². The topological polar surface area (TPSA) is 75.4 Å². The molecule has 0 atom stereocenters. The number of aromatic carboxylic acids is 1. The van der Waals surface area contributed by atoms with E-state index in [1.807, 2.05) is 20.8 Å². The lowest BCUT2D eigenvalue weighted by atomic mass is 10.1. The molecule has 1 aromatic rings. The predicted octanol–water partition coefficient (Wildman–Crippen LogP) is 1.26. The van der Waals surface area contributed by atoms with Crippen LogP contribution in [-0.4, -0.2) is 21.8 Å². The van der Waals surface area contributed by atoms with Gasteiger partial charge in [-0.3, -0.25) is 0 Å². The average molecular weight is 198 g/mol. The molecule has 0 aliphatic rings. The molecule has 0 saturated heterocycles. The Balaban J connectivity index is 2.56. The Kier molecular flexibility index (Phi) is 2.90. The normalized spacial score (nSPS) is 11.6. The lowest BCUT2D eigenvalue weighted by Gasteiger charge is -2.18. The third-order valence-corrected chi connectivity index (χ3v) is 1.57. The number of carbonyl (C=O) groups is 1. The summed E-state index contributed by atoms with van der Waals surface area (Å²) in [6.45, 7) is 6.52. The van der Waals surface area contributed by atoms with Gasteiger partial charge in [-0.1, -0.05) is 5.16 Å². The Morgan fingerprint density at radius 3 is 2.71 bits per heavy atom. The first-order chi connectivity index (χ1) is 6.38. The van der Waals surface area contributed by atoms with Gasteiger partial charge in [0.15, 0.2) is 11.5 Å². The van der Waals surface area contributed by atoms with E-state index in [-0.39, 0.29) is 11.2 Å². The van der Waals surface area contributed by atoms with Crippen molar-refractivity contribution in [1.29, 1.82) is 0 Å². The maximum Gasteiger partial charge on any atom is 0.358 e. The summed E-state index contributed by atoms with van der Waals surface area (Å²) < 4.78 is 4.83. The number of carboxylic acids is 1. The van der Waals surface area contributed by atoms with E-state index >= 15 is 0 Å². The lowest BCUT2D eigenvalue weighted by Crippen LogP contribution is -2.34. The molecule has 1 rings (SSSR count). The number of nitrogens with one attached hydrogen (secondary N) is 1. The van der Waals surface area contributed by atoms with E-state index in [2.05, 4.69) is 10.5 Å². The van der Waals surface area contributed by atoms with Gasteiger partial charge in [0.1, 0.15) is 0 Å². The van der Waals surface area contributed by atoms with Crippen LogP contribution >= 0.6 is 0 Å². The summed E-state index contributed by atoms with van der Waals surface area (Å²) in [6, 6.07) is 1.42. The number of nitrogens with zero attached hydrogens (tertiary/aromatic N) is 1. The Morgan fingerprint density at radius 1 is 1.64 bits per heavy atom. The third kappa shape index (κ3) is 3.18. The van der Waals surface area contributed by atoms with Crippen LogP contribution < -0.4 is 5.32 Å². The molecule has 0 radical (unpaired) electrons. The standard InChI is InChI=1S/C9H14N2O3/c1-9(2,3)10-5-6-4-7(8(12)13)11-14-6/h4,10H,5H2,1-3H3,(H,12,13). The minimum absolute atomic E-state index is 0.0316. The number of hydrogen-bond acceptors (Lipinski definition) is 4. The quantitative estimate of drug-likeness (QED) is 0.764. The predicted molar refractivity (Wildman–Crippen MR) is 50.1 cm³/mol. The van der Waals surface area contributed by atoms with Crippen LogP contribution in [0, 0.1) is 0 Å². The highest BCUT2D eigenvalue weighted by Crippen LogP contribution is 2.06. The SMILES string of the molecule is CC(C)(C)NCc1cc(C(=O)O)no1. The van der Waals surface area contributed by atoms with Gasteiger partial charge in [0.05, 0.1) is 6.54 Å². The lowest BCUT2D eigenvalue weighted by molar-refractivity contribution is 0.0685. The maximum absolute atomic E-state index is 10.5. The zero-order valence-corrected chi connectivity index (χ0v) is 8.50. The van der Waals surface area contributed by atoms with E-state index in [4.69, 9.17) is 9.63 Å². The van der Waals surface area contributed by atoms with Gasteiger partial charge in [0.2, 0.25) is 0 Å². The van der Waals surface area contributed by atoms with Gasteiger partial charge < -0.3 is 14.9 Å². The van der Waals surface area contributed by atoms with E-state index < -0.39 is 5.97 Å². The molecular formula is C9H14N2O3. The fourth-order valence-electron chi connectivity index (χ4n) is 0.849. The number of carboxylic acid groups (broad SMARTS) is 1. The summed E-state index contributed by atoms with van der Waals surface area (Å²) in [6.07, 6.45) is 0. The van der Waals surface area contributed by atoms with Crippen LogP contribution in [0.4, 0.5) is 0 Å². The molecule has 5 nitrogen and oxygen atoms in total. The van der Waals surface area contributed by atoms with Crippen LogP contribution in [0.25, 0.3) is 0 Å². The van der Waals surface area contributed by atoms with Crippen molar-refractivity contribution in [2.45, 2.75) is 32.9 Å². The van der Waals surface area contributed by atoms with Gasteiger partial charge in [-0.15, -0.1) is 0 Å². The minimum Gasteiger partial charge on any atom is -0.476 e. The molecule has 0 fully saturated rings. The second kappa shape index (κ2) is 3.79. The summed E-state index contributed by atoms with van der Waals surface area (Å²) in [5.74, 6) is -0.548. The largest absolute Gasteiger partial charge is 0.476 e. The Labute approximate surface area is 82.1 Å². The fraction of sp³-hybridized carbons (Fsp3) is 0.556. The summed E-state index contributed by atoms with van der Waals surface area (Å²) >= 11 is 0. The van der Waals surface area contributed by atoms with Crippen LogP contribution in [-0.2, 0) is 6.54 Å². The Morgan fingerprint density at radius 2 is 2.29 bits per heavy atom. The minimum atomic E-state index is -1.07. The fourth-order valence-corrected chi connectivity index (χ4v) is 0.849. The highest BCUT2D eigenvalue weighted by atomic mass is 16.5. The van der Waals surface area contributed by atoms with E-state index in [9.17, 15) is 4.79 Å². The first-order valence-corrected chi connectivity index (χ1v) is 4.32. The van der Waals surface area contributed by atoms with Crippen molar-refractivity contribution in [3.8, 4) is 0 Å². The van der Waals surface area contributed by atoms with Crippen LogP contribution in [0.2, 0.25) is 0 Å². The highest BCUT2D eigenvalue weighted by Gasteiger charge is 2.13. The third-order valence-electron chi connectivity index (χ3n) is 1.57. The molecule has 0 saturated carbocycles. The first-order valence-electron chi connectivity index (χ1n) is 4.32. The van der Waals surface area contributed by atoms with E-state index in [0.717, 1.165) is 0 Å². The molecule has 0 aliphatic carbocycles. The van der Waals surface area contributed by atoms with Crippen molar-refractivity contribution in [1.82, 2.24) is 10.5 Å². The van der Waals surface area contributed by atoms with Gasteiger partial charge in [-0.2, -0.15) is 0 Å². The van der Waals surface area contributed by atoms with E-state index in [1.54, 1.807) is 0 Å². The Hall–Kier alpha value is -1.36. The summed E-state index contributed by atoms with van der Waals surface area (Å²) in [7, 11) is 0. The molecule has 2 N–H and O–H groups in total. The molecule has 0 aromatic carbocycles. The zero-order chi connectivity index (χ0) is 10.8. The smallest absolute Gasteiger partial charge is 0.358 e. The Bertz CT molecular complexity index is 325. The van der Waals surface area contributed by atoms with Crippen molar-refractivity contribution in [3.63, 3.8) is 0 Å².